The first-order valence-electron chi connectivity index (χ1n) is 6.16. The van der Waals surface area contributed by atoms with Gasteiger partial charge in [-0.05, 0) is 31.0 Å². The van der Waals surface area contributed by atoms with Crippen molar-refractivity contribution >= 4 is 17.5 Å². The molecule has 0 aliphatic rings. The van der Waals surface area contributed by atoms with Gasteiger partial charge in [-0.1, -0.05) is 0 Å². The molecule has 9 nitrogen and oxygen atoms in total. The van der Waals surface area contributed by atoms with Crippen molar-refractivity contribution in [3.8, 4) is 0 Å². The summed E-state index contributed by atoms with van der Waals surface area (Å²) in [5, 5.41) is 14.1. The van der Waals surface area contributed by atoms with E-state index in [2.05, 4.69) is 25.7 Å². The van der Waals surface area contributed by atoms with Gasteiger partial charge in [0, 0.05) is 18.9 Å². The Kier molecular flexibility index (Phi) is 4.24. The maximum atomic E-state index is 11.1. The number of aryl methyl sites for hydroxylation is 2. The Morgan fingerprint density at radius 2 is 2.14 bits per heavy atom. The fraction of sp³-hybridized carbons (Fsp3) is 0.250. The van der Waals surface area contributed by atoms with Gasteiger partial charge in [-0.3, -0.25) is 20.5 Å². The van der Waals surface area contributed by atoms with E-state index >= 15 is 0 Å². The number of hydrogen-bond donors (Lipinski definition) is 3. The van der Waals surface area contributed by atoms with Crippen LogP contribution in [0.15, 0.2) is 18.5 Å². The van der Waals surface area contributed by atoms with Crippen LogP contribution in [-0.2, 0) is 6.54 Å². The molecule has 0 aliphatic carbocycles. The van der Waals surface area contributed by atoms with Crippen LogP contribution < -0.4 is 16.6 Å². The molecule has 21 heavy (non-hydrogen) atoms. The maximum absolute atomic E-state index is 11.1. The molecule has 2 aromatic rings. The number of nitrogen functional groups attached to an aromatic ring is 1. The summed E-state index contributed by atoms with van der Waals surface area (Å²) < 4.78 is 0. The fourth-order valence-electron chi connectivity index (χ4n) is 1.85. The molecule has 0 atom stereocenters. The summed E-state index contributed by atoms with van der Waals surface area (Å²) in [5.74, 6) is 5.50. The Bertz CT molecular complexity index is 675. The highest BCUT2D eigenvalue weighted by Gasteiger charge is 2.21. The quantitative estimate of drug-likeness (QED) is 0.426. The Hall–Kier alpha value is -2.81. The monoisotopic (exact) mass is 289 g/mol. The molecule has 0 bridgehead atoms. The first-order valence-corrected chi connectivity index (χ1v) is 6.16. The van der Waals surface area contributed by atoms with Gasteiger partial charge in [0.1, 0.15) is 5.69 Å². The second kappa shape index (κ2) is 6.09. The minimum absolute atomic E-state index is 0.118. The van der Waals surface area contributed by atoms with Crippen LogP contribution in [0.25, 0.3) is 0 Å². The topological polar surface area (TPSA) is 132 Å². The largest absolute Gasteiger partial charge is 0.360 e. The van der Waals surface area contributed by atoms with Crippen molar-refractivity contribution in [1.82, 2.24) is 15.0 Å². The van der Waals surface area contributed by atoms with E-state index in [4.69, 9.17) is 5.84 Å². The second-order valence-electron chi connectivity index (χ2n) is 4.39. The van der Waals surface area contributed by atoms with Crippen LogP contribution >= 0.6 is 0 Å². The number of anilines is 2. The summed E-state index contributed by atoms with van der Waals surface area (Å²) in [6.45, 7) is 3.83. The lowest BCUT2D eigenvalue weighted by atomic mass is 10.1. The second-order valence-corrected chi connectivity index (χ2v) is 4.39. The highest BCUT2D eigenvalue weighted by molar-refractivity contribution is 5.60. The van der Waals surface area contributed by atoms with Gasteiger partial charge in [0.2, 0.25) is 11.8 Å². The molecule has 2 aromatic heterocycles. The summed E-state index contributed by atoms with van der Waals surface area (Å²) >= 11 is 0. The standard InChI is InChI=1S/C12H15N7O2/c1-7-5-14-4-3-9(7)6-15-11-10(19(20)21)8(2)16-12(17-11)18-13/h3-5H,6,13H2,1-2H3,(H2,15,16,17,18). The average molecular weight is 289 g/mol. The number of hydrazine groups is 1. The molecule has 110 valence electrons. The summed E-state index contributed by atoms with van der Waals surface area (Å²) in [5.41, 5.74) is 4.31. The number of nitrogens with two attached hydrogens (primary N) is 1. The third kappa shape index (κ3) is 3.20. The van der Waals surface area contributed by atoms with E-state index in [1.165, 1.54) is 6.92 Å². The molecule has 2 heterocycles. The molecule has 0 fully saturated rings. The van der Waals surface area contributed by atoms with Gasteiger partial charge >= 0.3 is 5.69 Å². The van der Waals surface area contributed by atoms with Gasteiger partial charge in [0.15, 0.2) is 0 Å². The van der Waals surface area contributed by atoms with E-state index in [-0.39, 0.29) is 23.1 Å². The first kappa shape index (κ1) is 14.6. The predicted octanol–water partition coefficient (Wildman–Crippen LogP) is 1.29. The molecule has 0 radical (unpaired) electrons. The van der Waals surface area contributed by atoms with Crippen molar-refractivity contribution in [2.45, 2.75) is 20.4 Å². The number of rotatable bonds is 5. The van der Waals surface area contributed by atoms with Crippen LogP contribution in [0.4, 0.5) is 17.5 Å². The minimum atomic E-state index is -0.516. The highest BCUT2D eigenvalue weighted by atomic mass is 16.6. The Morgan fingerprint density at radius 3 is 2.76 bits per heavy atom. The van der Waals surface area contributed by atoms with Crippen molar-refractivity contribution in [2.75, 3.05) is 10.7 Å². The SMILES string of the molecule is Cc1cnccc1CNc1nc(NN)nc(C)c1[N+](=O)[O-]. The molecule has 0 aromatic carbocycles. The van der Waals surface area contributed by atoms with E-state index in [1.807, 2.05) is 13.0 Å². The molecule has 0 aliphatic heterocycles. The van der Waals surface area contributed by atoms with Crippen molar-refractivity contribution in [3.63, 3.8) is 0 Å². The van der Waals surface area contributed by atoms with Gasteiger partial charge < -0.3 is 5.32 Å². The summed E-state index contributed by atoms with van der Waals surface area (Å²) in [4.78, 5) is 22.5. The Labute approximate surface area is 120 Å². The smallest absolute Gasteiger partial charge is 0.332 e. The molecular formula is C12H15N7O2. The average Bonchev–Trinajstić information content (AvgIpc) is 2.45. The molecular weight excluding hydrogens is 274 g/mol. The predicted molar refractivity (Wildman–Crippen MR) is 77.5 cm³/mol. The normalized spacial score (nSPS) is 10.2. The first-order chi connectivity index (χ1) is 10.0. The van der Waals surface area contributed by atoms with Crippen LogP contribution in [0.1, 0.15) is 16.8 Å². The number of pyridine rings is 1. The number of hydrogen-bond acceptors (Lipinski definition) is 8. The van der Waals surface area contributed by atoms with Crippen LogP contribution in [0, 0.1) is 24.0 Å². The van der Waals surface area contributed by atoms with Crippen LogP contribution in [0.3, 0.4) is 0 Å². The van der Waals surface area contributed by atoms with Crippen LogP contribution in [-0.4, -0.2) is 19.9 Å². The van der Waals surface area contributed by atoms with Crippen LogP contribution in [0.2, 0.25) is 0 Å². The Morgan fingerprint density at radius 1 is 1.38 bits per heavy atom. The zero-order chi connectivity index (χ0) is 15.4. The number of nitrogens with zero attached hydrogens (tertiary/aromatic N) is 4. The zero-order valence-corrected chi connectivity index (χ0v) is 11.6. The van der Waals surface area contributed by atoms with E-state index < -0.39 is 4.92 Å². The van der Waals surface area contributed by atoms with Crippen LogP contribution in [0.5, 0.6) is 0 Å². The van der Waals surface area contributed by atoms with Crippen molar-refractivity contribution < 1.29 is 4.92 Å². The number of nitrogens with one attached hydrogen (secondary N) is 2. The zero-order valence-electron chi connectivity index (χ0n) is 11.6. The lowest BCUT2D eigenvalue weighted by Gasteiger charge is -2.10. The lowest BCUT2D eigenvalue weighted by Crippen LogP contribution is -2.14. The van der Waals surface area contributed by atoms with Gasteiger partial charge in [-0.2, -0.15) is 4.98 Å². The maximum Gasteiger partial charge on any atom is 0.332 e. The van der Waals surface area contributed by atoms with Gasteiger partial charge in [-0.15, -0.1) is 0 Å². The third-order valence-corrected chi connectivity index (χ3v) is 2.95. The van der Waals surface area contributed by atoms with Gasteiger partial charge in [-0.25, -0.2) is 10.8 Å². The molecule has 2 rings (SSSR count). The summed E-state index contributed by atoms with van der Waals surface area (Å²) in [6, 6.07) is 1.84. The van der Waals surface area contributed by atoms with Crippen molar-refractivity contribution in [1.29, 1.82) is 0 Å². The van der Waals surface area contributed by atoms with E-state index in [1.54, 1.807) is 12.4 Å². The highest BCUT2D eigenvalue weighted by Crippen LogP contribution is 2.26. The van der Waals surface area contributed by atoms with Crippen molar-refractivity contribution in [3.05, 3.63) is 45.4 Å². The molecule has 4 N–H and O–H groups in total. The van der Waals surface area contributed by atoms with Crippen molar-refractivity contribution in [2.24, 2.45) is 5.84 Å². The Balaban J connectivity index is 2.32. The molecule has 9 heteroatoms. The summed E-state index contributed by atoms with van der Waals surface area (Å²) in [7, 11) is 0. The van der Waals surface area contributed by atoms with Gasteiger partial charge in [0.05, 0.1) is 4.92 Å². The van der Waals surface area contributed by atoms with Gasteiger partial charge in [0.25, 0.3) is 0 Å². The number of nitro groups is 1. The summed E-state index contributed by atoms with van der Waals surface area (Å²) in [6.07, 6.45) is 3.39. The number of aromatic nitrogens is 3. The van der Waals surface area contributed by atoms with E-state index in [9.17, 15) is 10.1 Å². The molecule has 0 saturated heterocycles. The molecule has 0 spiro atoms. The third-order valence-electron chi connectivity index (χ3n) is 2.95. The lowest BCUT2D eigenvalue weighted by molar-refractivity contribution is -0.385. The van der Waals surface area contributed by atoms with E-state index in [0.29, 0.717) is 6.54 Å². The molecule has 0 unspecified atom stereocenters. The van der Waals surface area contributed by atoms with E-state index in [0.717, 1.165) is 11.1 Å². The molecule has 0 saturated carbocycles. The molecule has 0 amide bonds. The fourth-order valence-corrected chi connectivity index (χ4v) is 1.85. The minimum Gasteiger partial charge on any atom is -0.360 e.